The van der Waals surface area contributed by atoms with Crippen LogP contribution in [0.4, 0.5) is 0 Å². The largest absolute Gasteiger partial charge is 0.316 e. The van der Waals surface area contributed by atoms with Crippen molar-refractivity contribution in [2.75, 3.05) is 0 Å². The third-order valence-corrected chi connectivity index (χ3v) is 4.47. The molecule has 0 radical (unpaired) electrons. The molecule has 0 spiro atoms. The molecule has 3 rings (SSSR count). The number of rotatable bonds is 4. The van der Waals surface area contributed by atoms with Crippen molar-refractivity contribution in [2.45, 2.75) is 26.8 Å². The van der Waals surface area contributed by atoms with Crippen LogP contribution in [0.15, 0.2) is 52.1 Å². The summed E-state index contributed by atoms with van der Waals surface area (Å²) in [6.07, 6.45) is 0.870. The van der Waals surface area contributed by atoms with Gasteiger partial charge in [0, 0.05) is 17.7 Å². The zero-order valence-electron chi connectivity index (χ0n) is 15.5. The molecule has 28 heavy (non-hydrogen) atoms. The number of H-pyrrole nitrogens is 1. The lowest BCUT2D eigenvalue weighted by molar-refractivity contribution is 0.0847. The first-order valence-electron chi connectivity index (χ1n) is 8.91. The van der Waals surface area contributed by atoms with Gasteiger partial charge < -0.3 is 9.55 Å². The van der Waals surface area contributed by atoms with Crippen LogP contribution >= 0.6 is 0 Å². The lowest BCUT2D eigenvalue weighted by Crippen LogP contribution is -2.41. The van der Waals surface area contributed by atoms with Gasteiger partial charge in [-0.25, -0.2) is 0 Å². The van der Waals surface area contributed by atoms with Crippen molar-refractivity contribution in [1.82, 2.24) is 20.4 Å². The number of carbonyl (C=O) groups is 2. The van der Waals surface area contributed by atoms with Gasteiger partial charge in [0.25, 0.3) is 11.8 Å². The Hall–Kier alpha value is -3.68. The molecule has 0 saturated heterocycles. The van der Waals surface area contributed by atoms with Crippen LogP contribution in [-0.2, 0) is 13.0 Å². The van der Waals surface area contributed by atoms with Crippen molar-refractivity contribution in [1.29, 1.82) is 0 Å². The average molecular weight is 380 g/mol. The number of fused-ring (bicyclic) bond motifs is 1. The molecular weight excluding hydrogens is 360 g/mol. The topological polar surface area (TPSA) is 113 Å². The molecule has 3 N–H and O–H groups in total. The molecule has 0 aliphatic rings. The summed E-state index contributed by atoms with van der Waals surface area (Å²) in [5, 5.41) is 0. The van der Waals surface area contributed by atoms with E-state index in [0.717, 1.165) is 12.0 Å². The van der Waals surface area contributed by atoms with Crippen LogP contribution in [0.5, 0.6) is 0 Å². The van der Waals surface area contributed by atoms with Crippen LogP contribution in [0.3, 0.4) is 0 Å². The standard InChI is InChI=1S/C20H20N4O4/c1-3-12-5-7-13(8-6-12)17(25)22-23-18(26)14-9-10-16-15(11-14)21-19(27)20(28)24(16)4-2/h5-11H,3-4H2,1-2H3,(H,21,27)(H,22,25)(H,23,26). The maximum atomic E-state index is 12.3. The second kappa shape index (κ2) is 7.91. The number of nitrogens with one attached hydrogen (secondary N) is 3. The van der Waals surface area contributed by atoms with Crippen molar-refractivity contribution in [3.05, 3.63) is 79.9 Å². The lowest BCUT2D eigenvalue weighted by atomic mass is 10.1. The molecule has 0 unspecified atom stereocenters. The first kappa shape index (κ1) is 19.1. The Labute approximate surface area is 160 Å². The predicted octanol–water partition coefficient (Wildman–Crippen LogP) is 1.35. The summed E-state index contributed by atoms with van der Waals surface area (Å²) in [6, 6.07) is 11.6. The van der Waals surface area contributed by atoms with Crippen LogP contribution in [0.2, 0.25) is 0 Å². The van der Waals surface area contributed by atoms with Crippen molar-refractivity contribution in [3.8, 4) is 0 Å². The number of benzene rings is 2. The van der Waals surface area contributed by atoms with Crippen LogP contribution < -0.4 is 22.0 Å². The Morgan fingerprint density at radius 2 is 1.54 bits per heavy atom. The highest BCUT2D eigenvalue weighted by molar-refractivity contribution is 6.00. The smallest absolute Gasteiger partial charge is 0.316 e. The van der Waals surface area contributed by atoms with Gasteiger partial charge in [-0.05, 0) is 49.2 Å². The van der Waals surface area contributed by atoms with Crippen LogP contribution in [-0.4, -0.2) is 21.4 Å². The summed E-state index contributed by atoms with van der Waals surface area (Å²) < 4.78 is 1.33. The molecule has 0 bridgehead atoms. The first-order valence-corrected chi connectivity index (χ1v) is 8.91. The minimum atomic E-state index is -0.754. The Balaban J connectivity index is 1.77. The van der Waals surface area contributed by atoms with Gasteiger partial charge in [-0.1, -0.05) is 19.1 Å². The highest BCUT2D eigenvalue weighted by atomic mass is 16.2. The Kier molecular flexibility index (Phi) is 5.39. The van der Waals surface area contributed by atoms with E-state index in [2.05, 4.69) is 15.8 Å². The number of hydrazine groups is 1. The number of hydrogen-bond acceptors (Lipinski definition) is 4. The number of aromatic amines is 1. The van der Waals surface area contributed by atoms with Gasteiger partial charge >= 0.3 is 11.1 Å². The minimum Gasteiger partial charge on any atom is -0.316 e. The summed E-state index contributed by atoms with van der Waals surface area (Å²) in [5.74, 6) is -0.986. The van der Waals surface area contributed by atoms with Gasteiger partial charge in [0.15, 0.2) is 0 Å². The molecule has 1 heterocycles. The van der Waals surface area contributed by atoms with E-state index in [1.165, 1.54) is 16.7 Å². The van der Waals surface area contributed by atoms with Gasteiger partial charge in [0.05, 0.1) is 11.0 Å². The minimum absolute atomic E-state index is 0.228. The molecule has 1 aromatic heterocycles. The third-order valence-electron chi connectivity index (χ3n) is 4.47. The highest BCUT2D eigenvalue weighted by Crippen LogP contribution is 2.11. The number of nitrogens with zero attached hydrogens (tertiary/aromatic N) is 1. The van der Waals surface area contributed by atoms with Gasteiger partial charge in [0.1, 0.15) is 0 Å². The van der Waals surface area contributed by atoms with Crippen LogP contribution in [0, 0.1) is 0 Å². The molecule has 0 aliphatic heterocycles. The SMILES string of the molecule is CCc1ccc(C(=O)NNC(=O)c2ccc3c(c2)[nH]c(=O)c(=O)n3CC)cc1. The fourth-order valence-electron chi connectivity index (χ4n) is 2.88. The van der Waals surface area contributed by atoms with Crippen molar-refractivity contribution < 1.29 is 9.59 Å². The second-order valence-electron chi connectivity index (χ2n) is 6.19. The molecule has 2 aromatic carbocycles. The summed E-state index contributed by atoms with van der Waals surface area (Å²) in [7, 11) is 0. The molecule has 144 valence electrons. The Morgan fingerprint density at radius 3 is 2.14 bits per heavy atom. The third kappa shape index (κ3) is 3.71. The summed E-state index contributed by atoms with van der Waals surface area (Å²) in [4.78, 5) is 50.6. The van der Waals surface area contributed by atoms with E-state index in [0.29, 0.717) is 23.1 Å². The van der Waals surface area contributed by atoms with Crippen molar-refractivity contribution in [2.24, 2.45) is 0 Å². The molecule has 3 aromatic rings. The van der Waals surface area contributed by atoms with Crippen molar-refractivity contribution >= 4 is 22.8 Å². The molecule has 0 fully saturated rings. The summed E-state index contributed by atoms with van der Waals surface area (Å²) in [6.45, 7) is 4.10. The number of aryl methyl sites for hydroxylation is 2. The Morgan fingerprint density at radius 1 is 0.929 bits per heavy atom. The number of amides is 2. The van der Waals surface area contributed by atoms with E-state index in [9.17, 15) is 19.2 Å². The molecule has 0 aliphatic carbocycles. The second-order valence-corrected chi connectivity index (χ2v) is 6.19. The summed E-state index contributed by atoms with van der Waals surface area (Å²) >= 11 is 0. The maximum Gasteiger partial charge on any atom is 0.316 e. The predicted molar refractivity (Wildman–Crippen MR) is 105 cm³/mol. The molecule has 0 atom stereocenters. The molecular formula is C20H20N4O4. The first-order chi connectivity index (χ1) is 13.4. The van der Waals surface area contributed by atoms with Crippen molar-refractivity contribution in [3.63, 3.8) is 0 Å². The van der Waals surface area contributed by atoms with Gasteiger partial charge in [0.2, 0.25) is 0 Å². The van der Waals surface area contributed by atoms with E-state index in [1.807, 2.05) is 19.1 Å². The number of carbonyl (C=O) groups excluding carboxylic acids is 2. The lowest BCUT2D eigenvalue weighted by Gasteiger charge is -2.10. The quantitative estimate of drug-likeness (QED) is 0.468. The number of hydrogen-bond donors (Lipinski definition) is 3. The fraction of sp³-hybridized carbons (Fsp3) is 0.200. The molecule has 2 amide bonds. The summed E-state index contributed by atoms with van der Waals surface area (Å²) in [5.41, 5.74) is 5.95. The average Bonchev–Trinajstić information content (AvgIpc) is 2.72. The van der Waals surface area contributed by atoms with Gasteiger partial charge in [-0.2, -0.15) is 0 Å². The van der Waals surface area contributed by atoms with E-state index in [1.54, 1.807) is 25.1 Å². The van der Waals surface area contributed by atoms with E-state index < -0.39 is 22.9 Å². The normalized spacial score (nSPS) is 10.6. The number of aromatic nitrogens is 2. The molecule has 0 saturated carbocycles. The van der Waals surface area contributed by atoms with Crippen LogP contribution in [0.1, 0.15) is 40.1 Å². The highest BCUT2D eigenvalue weighted by Gasteiger charge is 2.12. The van der Waals surface area contributed by atoms with Gasteiger partial charge in [-0.15, -0.1) is 0 Å². The van der Waals surface area contributed by atoms with E-state index in [-0.39, 0.29) is 5.56 Å². The van der Waals surface area contributed by atoms with E-state index >= 15 is 0 Å². The Bertz CT molecular complexity index is 1160. The van der Waals surface area contributed by atoms with Gasteiger partial charge in [-0.3, -0.25) is 30.0 Å². The maximum absolute atomic E-state index is 12.3. The fourth-order valence-corrected chi connectivity index (χ4v) is 2.88. The van der Waals surface area contributed by atoms with Crippen LogP contribution in [0.25, 0.3) is 11.0 Å². The molecule has 8 nitrogen and oxygen atoms in total. The van der Waals surface area contributed by atoms with E-state index in [4.69, 9.17) is 0 Å². The zero-order valence-corrected chi connectivity index (χ0v) is 15.5. The monoisotopic (exact) mass is 380 g/mol. The molecule has 8 heteroatoms. The zero-order chi connectivity index (χ0) is 20.3.